The minimum absolute atomic E-state index is 0.304. The molecule has 0 saturated heterocycles. The van der Waals surface area contributed by atoms with Gasteiger partial charge in [0.25, 0.3) is 0 Å². The molecule has 7 nitrogen and oxygen atoms in total. The van der Waals surface area contributed by atoms with Crippen LogP contribution in [0, 0.1) is 40.9 Å². The zero-order valence-electron chi connectivity index (χ0n) is 19.2. The normalized spacial score (nSPS) is 21.2. The molecule has 0 unspecified atom stereocenters. The number of rotatable bonds is 5. The molecule has 0 bridgehead atoms. The average Bonchev–Trinajstić information content (AvgIpc) is 2.87. The van der Waals surface area contributed by atoms with Crippen molar-refractivity contribution >= 4 is 23.7 Å². The Bertz CT molecular complexity index is 1190. The summed E-state index contributed by atoms with van der Waals surface area (Å²) in [5, 5.41) is 32.3. The van der Waals surface area contributed by atoms with E-state index in [1.165, 1.54) is 11.8 Å². The molecule has 2 aromatic carbocycles. The SMILES string of the molecule is COC(=O)C1=C(O)[C@@H](C(=O)OC)[C@@H](c2ccc(C)cc2)C(C#N)(C#N)[C@@H]1c1ccc(SC)cc1. The van der Waals surface area contributed by atoms with E-state index in [1.54, 1.807) is 48.5 Å². The predicted molar refractivity (Wildman–Crippen MR) is 126 cm³/mol. The number of methoxy groups -OCH3 is 2. The highest BCUT2D eigenvalue weighted by Gasteiger charge is 2.61. The van der Waals surface area contributed by atoms with Crippen molar-refractivity contribution < 1.29 is 24.2 Å². The van der Waals surface area contributed by atoms with E-state index >= 15 is 0 Å². The summed E-state index contributed by atoms with van der Waals surface area (Å²) in [6.07, 6.45) is 1.91. The third-order valence-corrected chi connectivity index (χ3v) is 7.00. The van der Waals surface area contributed by atoms with Crippen molar-refractivity contribution in [3.05, 3.63) is 76.6 Å². The van der Waals surface area contributed by atoms with Gasteiger partial charge in [-0.15, -0.1) is 11.8 Å². The van der Waals surface area contributed by atoms with Crippen LogP contribution in [-0.4, -0.2) is 37.5 Å². The van der Waals surface area contributed by atoms with Gasteiger partial charge in [0, 0.05) is 10.8 Å². The van der Waals surface area contributed by atoms with Gasteiger partial charge in [0.05, 0.1) is 37.8 Å². The van der Waals surface area contributed by atoms with Crippen LogP contribution in [0.4, 0.5) is 0 Å². The van der Waals surface area contributed by atoms with Gasteiger partial charge in [-0.3, -0.25) is 4.79 Å². The van der Waals surface area contributed by atoms with E-state index in [1.807, 2.05) is 13.2 Å². The number of hydrogen-bond donors (Lipinski definition) is 1. The van der Waals surface area contributed by atoms with E-state index in [0.717, 1.165) is 24.7 Å². The van der Waals surface area contributed by atoms with Crippen LogP contribution in [-0.2, 0) is 19.1 Å². The summed E-state index contributed by atoms with van der Waals surface area (Å²) < 4.78 is 9.87. The fraction of sp³-hybridized carbons (Fsp3) is 0.308. The minimum Gasteiger partial charge on any atom is -0.511 e. The van der Waals surface area contributed by atoms with Crippen LogP contribution in [0.2, 0.25) is 0 Å². The third-order valence-electron chi connectivity index (χ3n) is 6.25. The lowest BCUT2D eigenvalue weighted by Crippen LogP contribution is -2.47. The molecular formula is C26H24N2O5S. The zero-order valence-corrected chi connectivity index (χ0v) is 20.1. The molecule has 0 heterocycles. The van der Waals surface area contributed by atoms with Gasteiger partial charge in [-0.05, 0) is 36.4 Å². The Kier molecular flexibility index (Phi) is 7.34. The van der Waals surface area contributed by atoms with Crippen LogP contribution in [0.5, 0.6) is 0 Å². The van der Waals surface area contributed by atoms with Crippen molar-refractivity contribution in [2.45, 2.75) is 23.7 Å². The number of aliphatic hydroxyl groups is 1. The largest absolute Gasteiger partial charge is 0.511 e. The van der Waals surface area contributed by atoms with Gasteiger partial charge in [0.15, 0.2) is 5.41 Å². The minimum atomic E-state index is -1.94. The molecule has 0 aromatic heterocycles. The highest BCUT2D eigenvalue weighted by atomic mass is 32.2. The summed E-state index contributed by atoms with van der Waals surface area (Å²) in [5.41, 5.74) is -0.349. The summed E-state index contributed by atoms with van der Waals surface area (Å²) in [4.78, 5) is 26.8. The van der Waals surface area contributed by atoms with Crippen molar-refractivity contribution in [3.63, 3.8) is 0 Å². The molecule has 1 aliphatic rings. The lowest BCUT2D eigenvalue weighted by Gasteiger charge is -2.44. The molecule has 1 aliphatic carbocycles. The third kappa shape index (κ3) is 4.02. The standard InChI is InChI=1S/C26H24N2O5S/c1-15-5-7-16(8-6-15)21-19(24(30)32-2)23(29)20(25(31)33-3)22(26(21,13-27)14-28)17-9-11-18(34-4)12-10-17/h5-12,19,21-22,29H,1-4H3/t19-,21+,22+/m0/s1. The Labute approximate surface area is 202 Å². The molecule has 34 heavy (non-hydrogen) atoms. The van der Waals surface area contributed by atoms with E-state index in [4.69, 9.17) is 9.47 Å². The number of ether oxygens (including phenoxy) is 2. The lowest BCUT2D eigenvalue weighted by molar-refractivity contribution is -0.147. The monoisotopic (exact) mass is 476 g/mol. The number of benzene rings is 2. The van der Waals surface area contributed by atoms with Gasteiger partial charge in [0.2, 0.25) is 0 Å². The predicted octanol–water partition coefficient (Wildman–Crippen LogP) is 4.41. The number of thioether (sulfide) groups is 1. The van der Waals surface area contributed by atoms with Crippen LogP contribution in [0.3, 0.4) is 0 Å². The van der Waals surface area contributed by atoms with Crippen molar-refractivity contribution in [3.8, 4) is 12.1 Å². The molecule has 0 fully saturated rings. The van der Waals surface area contributed by atoms with Crippen LogP contribution in [0.15, 0.2) is 64.8 Å². The second-order valence-corrected chi connectivity index (χ2v) is 8.86. The van der Waals surface area contributed by atoms with E-state index < -0.39 is 40.9 Å². The molecule has 3 rings (SSSR count). The molecule has 0 aliphatic heterocycles. The van der Waals surface area contributed by atoms with E-state index in [2.05, 4.69) is 12.1 Å². The lowest BCUT2D eigenvalue weighted by atomic mass is 9.54. The Balaban J connectivity index is 2.45. The topological polar surface area (TPSA) is 120 Å². The molecule has 2 aromatic rings. The van der Waals surface area contributed by atoms with Gasteiger partial charge in [-0.25, -0.2) is 4.79 Å². The highest BCUT2D eigenvalue weighted by Crippen LogP contribution is 2.59. The maximum absolute atomic E-state index is 12.9. The van der Waals surface area contributed by atoms with Crippen LogP contribution >= 0.6 is 11.8 Å². The number of hydrogen-bond acceptors (Lipinski definition) is 8. The summed E-state index contributed by atoms with van der Waals surface area (Å²) >= 11 is 1.51. The maximum Gasteiger partial charge on any atom is 0.337 e. The number of esters is 2. The van der Waals surface area contributed by atoms with Gasteiger partial charge in [-0.2, -0.15) is 10.5 Å². The van der Waals surface area contributed by atoms with Crippen molar-refractivity contribution in [2.24, 2.45) is 11.3 Å². The highest BCUT2D eigenvalue weighted by molar-refractivity contribution is 7.98. The van der Waals surface area contributed by atoms with Crippen molar-refractivity contribution in [1.29, 1.82) is 10.5 Å². The van der Waals surface area contributed by atoms with Gasteiger partial charge in [-0.1, -0.05) is 42.0 Å². The first-order valence-corrected chi connectivity index (χ1v) is 11.6. The maximum atomic E-state index is 12.9. The zero-order chi connectivity index (χ0) is 25.0. The average molecular weight is 477 g/mol. The molecule has 0 amide bonds. The van der Waals surface area contributed by atoms with E-state index in [9.17, 15) is 25.2 Å². The van der Waals surface area contributed by atoms with Crippen molar-refractivity contribution in [1.82, 2.24) is 0 Å². The first kappa shape index (κ1) is 24.9. The van der Waals surface area contributed by atoms with Crippen LogP contribution < -0.4 is 0 Å². The number of carbonyl (C=O) groups excluding carboxylic acids is 2. The number of aryl methyl sites for hydroxylation is 1. The Morgan fingerprint density at radius 2 is 1.53 bits per heavy atom. The first-order chi connectivity index (χ1) is 16.3. The fourth-order valence-corrected chi connectivity index (χ4v) is 5.01. The summed E-state index contributed by atoms with van der Waals surface area (Å²) in [6.45, 7) is 1.88. The summed E-state index contributed by atoms with van der Waals surface area (Å²) in [6, 6.07) is 18.3. The Morgan fingerprint density at radius 3 is 2.00 bits per heavy atom. The summed E-state index contributed by atoms with van der Waals surface area (Å²) in [7, 11) is 2.28. The molecule has 0 spiro atoms. The summed E-state index contributed by atoms with van der Waals surface area (Å²) in [5.74, 6) is -6.11. The Hall–Kier alpha value is -3.75. The van der Waals surface area contributed by atoms with Gasteiger partial charge < -0.3 is 14.6 Å². The molecule has 174 valence electrons. The van der Waals surface area contributed by atoms with Crippen molar-refractivity contribution in [2.75, 3.05) is 20.5 Å². The first-order valence-electron chi connectivity index (χ1n) is 10.4. The molecule has 1 N–H and O–H groups in total. The van der Waals surface area contributed by atoms with Crippen LogP contribution in [0.1, 0.15) is 28.5 Å². The number of nitriles is 2. The van der Waals surface area contributed by atoms with Gasteiger partial charge >= 0.3 is 11.9 Å². The smallest absolute Gasteiger partial charge is 0.337 e. The second-order valence-electron chi connectivity index (χ2n) is 7.98. The number of carbonyl (C=O) groups is 2. The number of nitrogens with zero attached hydrogens (tertiary/aromatic N) is 2. The molecular weight excluding hydrogens is 452 g/mol. The number of aliphatic hydroxyl groups excluding tert-OH is 1. The van der Waals surface area contributed by atoms with Crippen LogP contribution in [0.25, 0.3) is 0 Å². The molecule has 3 atom stereocenters. The van der Waals surface area contributed by atoms with E-state index in [0.29, 0.717) is 11.1 Å². The van der Waals surface area contributed by atoms with Gasteiger partial charge in [0.1, 0.15) is 11.7 Å². The Morgan fingerprint density at radius 1 is 0.971 bits per heavy atom. The molecule has 0 radical (unpaired) electrons. The quantitative estimate of drug-likeness (QED) is 0.498. The second kappa shape index (κ2) is 10.0. The fourth-order valence-electron chi connectivity index (χ4n) is 4.60. The molecule has 0 saturated carbocycles. The molecule has 8 heteroatoms. The van der Waals surface area contributed by atoms with E-state index in [-0.39, 0.29) is 5.57 Å².